The molecule has 30 heavy (non-hydrogen) atoms. The highest BCUT2D eigenvalue weighted by atomic mass is 79.9. The highest BCUT2D eigenvalue weighted by Crippen LogP contribution is 2.23. The van der Waals surface area contributed by atoms with E-state index in [0.29, 0.717) is 36.0 Å². The molecular formula is C22H21BrCl2N2O3. The van der Waals surface area contributed by atoms with Crippen LogP contribution in [0.25, 0.3) is 0 Å². The van der Waals surface area contributed by atoms with Gasteiger partial charge in [-0.05, 0) is 54.7 Å². The third-order valence-corrected chi connectivity index (χ3v) is 6.16. The van der Waals surface area contributed by atoms with Gasteiger partial charge in [-0.2, -0.15) is 0 Å². The minimum atomic E-state index is -0.506. The molecule has 0 aliphatic carbocycles. The maximum absolute atomic E-state index is 12.4. The van der Waals surface area contributed by atoms with Crippen molar-refractivity contribution in [3.05, 3.63) is 79.4 Å². The fourth-order valence-corrected chi connectivity index (χ4v) is 3.77. The van der Waals surface area contributed by atoms with Gasteiger partial charge in [-0.1, -0.05) is 57.3 Å². The first-order chi connectivity index (χ1) is 14.3. The minimum absolute atomic E-state index is 0.111. The summed E-state index contributed by atoms with van der Waals surface area (Å²) in [5.74, 6) is -1.39. The van der Waals surface area contributed by atoms with E-state index < -0.39 is 17.6 Å². The van der Waals surface area contributed by atoms with Gasteiger partial charge in [0, 0.05) is 17.6 Å². The summed E-state index contributed by atoms with van der Waals surface area (Å²) in [7, 11) is 0. The number of hydrogen-bond acceptors (Lipinski definition) is 3. The molecule has 0 aromatic heterocycles. The molecular weight excluding hydrogens is 491 g/mol. The van der Waals surface area contributed by atoms with Gasteiger partial charge in [-0.3, -0.25) is 9.59 Å². The molecule has 158 valence electrons. The number of halogens is 3. The van der Waals surface area contributed by atoms with Gasteiger partial charge in [-0.25, -0.2) is 0 Å². The molecule has 0 saturated carbocycles. The molecule has 0 spiro atoms. The van der Waals surface area contributed by atoms with Crippen LogP contribution >= 0.6 is 39.1 Å². The van der Waals surface area contributed by atoms with Crippen molar-refractivity contribution >= 4 is 50.9 Å². The molecule has 1 heterocycles. The second-order valence-electron chi connectivity index (χ2n) is 7.04. The lowest BCUT2D eigenvalue weighted by molar-refractivity contribution is -0.127. The van der Waals surface area contributed by atoms with Crippen LogP contribution in [0.15, 0.2) is 58.3 Å². The lowest BCUT2D eigenvalue weighted by Gasteiger charge is -2.16. The van der Waals surface area contributed by atoms with Gasteiger partial charge in [0.05, 0.1) is 22.2 Å². The number of aliphatic hydroxyl groups is 1. The quantitative estimate of drug-likeness (QED) is 0.504. The number of nitrogens with one attached hydrogen (secondary N) is 1. The Morgan fingerprint density at radius 3 is 2.47 bits per heavy atom. The van der Waals surface area contributed by atoms with Gasteiger partial charge in [0.1, 0.15) is 0 Å². The van der Waals surface area contributed by atoms with Crippen molar-refractivity contribution < 1.29 is 14.7 Å². The summed E-state index contributed by atoms with van der Waals surface area (Å²) in [6.07, 6.45) is 2.06. The maximum Gasteiger partial charge on any atom is 0.289 e. The lowest BCUT2D eigenvalue weighted by atomic mass is 10.1. The summed E-state index contributed by atoms with van der Waals surface area (Å²) >= 11 is 15.3. The van der Waals surface area contributed by atoms with Crippen molar-refractivity contribution in [2.24, 2.45) is 0 Å². The van der Waals surface area contributed by atoms with Gasteiger partial charge < -0.3 is 15.3 Å². The van der Waals surface area contributed by atoms with Crippen LogP contribution in [-0.2, 0) is 22.4 Å². The zero-order valence-corrected chi connectivity index (χ0v) is 19.2. The maximum atomic E-state index is 12.4. The van der Waals surface area contributed by atoms with Crippen LogP contribution in [0.5, 0.6) is 0 Å². The average molecular weight is 512 g/mol. The summed E-state index contributed by atoms with van der Waals surface area (Å²) in [5.41, 5.74) is 2.21. The molecule has 3 rings (SSSR count). The van der Waals surface area contributed by atoms with Crippen LogP contribution in [0.4, 0.5) is 0 Å². The first-order valence-corrected chi connectivity index (χ1v) is 11.1. The number of aryl methyl sites for hydroxylation is 1. The first kappa shape index (κ1) is 22.7. The summed E-state index contributed by atoms with van der Waals surface area (Å²) in [6.45, 7) is 0.960. The van der Waals surface area contributed by atoms with Gasteiger partial charge in [-0.15, -0.1) is 0 Å². The average Bonchev–Trinajstić information content (AvgIpc) is 3.02. The standard InChI is InChI=1S/C22H21BrCl2N2O3/c23-16-6-3-14(4-7-16)9-11-27-13-17(20(28)22(27)30)21(29)26-10-1-2-15-5-8-18(24)19(25)12-15/h3-8,12,28H,1-2,9-11,13H2,(H,26,29). The molecule has 8 heteroatoms. The van der Waals surface area contributed by atoms with E-state index in [9.17, 15) is 14.7 Å². The van der Waals surface area contributed by atoms with E-state index in [1.54, 1.807) is 12.1 Å². The second-order valence-corrected chi connectivity index (χ2v) is 8.77. The van der Waals surface area contributed by atoms with Gasteiger partial charge in [0.2, 0.25) is 0 Å². The van der Waals surface area contributed by atoms with Crippen LogP contribution < -0.4 is 5.32 Å². The third kappa shape index (κ3) is 5.78. The van der Waals surface area contributed by atoms with E-state index in [1.165, 1.54) is 4.90 Å². The topological polar surface area (TPSA) is 69.6 Å². The smallest absolute Gasteiger partial charge is 0.289 e. The lowest BCUT2D eigenvalue weighted by Crippen LogP contribution is -2.32. The molecule has 0 saturated heterocycles. The van der Waals surface area contributed by atoms with E-state index >= 15 is 0 Å². The Hall–Kier alpha value is -2.02. The Morgan fingerprint density at radius 1 is 1.07 bits per heavy atom. The number of rotatable bonds is 8. The normalized spacial score (nSPS) is 13.8. The molecule has 1 aliphatic rings. The van der Waals surface area contributed by atoms with E-state index in [0.717, 1.165) is 22.0 Å². The molecule has 2 N–H and O–H groups in total. The van der Waals surface area contributed by atoms with E-state index in [4.69, 9.17) is 23.2 Å². The van der Waals surface area contributed by atoms with Gasteiger partial charge >= 0.3 is 0 Å². The van der Waals surface area contributed by atoms with Gasteiger partial charge in [0.25, 0.3) is 11.8 Å². The Balaban J connectivity index is 1.46. The van der Waals surface area contributed by atoms with Crippen LogP contribution in [0.1, 0.15) is 17.5 Å². The van der Waals surface area contributed by atoms with Crippen molar-refractivity contribution in [2.45, 2.75) is 19.3 Å². The van der Waals surface area contributed by atoms with Crippen molar-refractivity contribution in [2.75, 3.05) is 19.6 Å². The molecule has 0 fully saturated rings. The highest BCUT2D eigenvalue weighted by molar-refractivity contribution is 9.10. The van der Waals surface area contributed by atoms with E-state index in [1.807, 2.05) is 30.3 Å². The van der Waals surface area contributed by atoms with Gasteiger partial charge in [0.15, 0.2) is 5.76 Å². The molecule has 0 radical (unpaired) electrons. The van der Waals surface area contributed by atoms with Crippen molar-refractivity contribution in [1.82, 2.24) is 10.2 Å². The van der Waals surface area contributed by atoms with E-state index in [-0.39, 0.29) is 12.1 Å². The van der Waals surface area contributed by atoms with Crippen molar-refractivity contribution in [1.29, 1.82) is 0 Å². The molecule has 0 unspecified atom stereocenters. The first-order valence-electron chi connectivity index (χ1n) is 9.53. The molecule has 2 aromatic rings. The summed E-state index contributed by atoms with van der Waals surface area (Å²) in [6, 6.07) is 13.3. The predicted molar refractivity (Wildman–Crippen MR) is 122 cm³/mol. The zero-order chi connectivity index (χ0) is 21.7. The SMILES string of the molecule is O=C(NCCCc1ccc(Cl)c(Cl)c1)C1=C(O)C(=O)N(CCc2ccc(Br)cc2)C1. The number of amides is 2. The molecule has 0 bridgehead atoms. The monoisotopic (exact) mass is 510 g/mol. The third-order valence-electron chi connectivity index (χ3n) is 4.89. The summed E-state index contributed by atoms with van der Waals surface area (Å²) in [5, 5.41) is 13.9. The van der Waals surface area contributed by atoms with Crippen LogP contribution in [-0.4, -0.2) is 41.5 Å². The molecule has 2 amide bonds. The Bertz CT molecular complexity index is 977. The van der Waals surface area contributed by atoms with Crippen LogP contribution in [0.2, 0.25) is 10.0 Å². The number of hydrogen-bond donors (Lipinski definition) is 2. The second kappa shape index (κ2) is 10.3. The Labute approximate surface area is 193 Å². The summed E-state index contributed by atoms with van der Waals surface area (Å²) < 4.78 is 0.987. The van der Waals surface area contributed by atoms with Crippen molar-refractivity contribution in [3.63, 3.8) is 0 Å². The van der Waals surface area contributed by atoms with Crippen LogP contribution in [0, 0.1) is 0 Å². The van der Waals surface area contributed by atoms with Crippen LogP contribution in [0.3, 0.4) is 0 Å². The van der Waals surface area contributed by atoms with Crippen molar-refractivity contribution in [3.8, 4) is 0 Å². The number of carbonyl (C=O) groups excluding carboxylic acids is 2. The molecule has 2 aromatic carbocycles. The highest BCUT2D eigenvalue weighted by Gasteiger charge is 2.33. The molecule has 1 aliphatic heterocycles. The fourth-order valence-electron chi connectivity index (χ4n) is 3.19. The largest absolute Gasteiger partial charge is 0.503 e. The zero-order valence-electron chi connectivity index (χ0n) is 16.1. The molecule has 0 atom stereocenters. The molecule has 5 nitrogen and oxygen atoms in total. The number of aliphatic hydroxyl groups excluding tert-OH is 1. The Morgan fingerprint density at radius 2 is 1.77 bits per heavy atom. The fraction of sp³-hybridized carbons (Fsp3) is 0.273. The summed E-state index contributed by atoms with van der Waals surface area (Å²) in [4.78, 5) is 26.2. The Kier molecular flexibility index (Phi) is 7.81. The number of carbonyl (C=O) groups is 2. The number of benzene rings is 2. The minimum Gasteiger partial charge on any atom is -0.503 e. The van der Waals surface area contributed by atoms with E-state index in [2.05, 4.69) is 21.2 Å². The number of nitrogens with zero attached hydrogens (tertiary/aromatic N) is 1. The predicted octanol–water partition coefficient (Wildman–Crippen LogP) is 4.70.